The summed E-state index contributed by atoms with van der Waals surface area (Å²) in [7, 11) is 0. The molecule has 1 rings (SSSR count). The lowest BCUT2D eigenvalue weighted by molar-refractivity contribution is -0.305. The topological polar surface area (TPSA) is 152 Å². The maximum atomic E-state index is 12.5. The van der Waals surface area contributed by atoms with Gasteiger partial charge in [0.15, 0.2) is 12.4 Å². The number of ether oxygens (including phenoxy) is 4. The molecule has 0 aromatic heterocycles. The Balaban J connectivity index is 2.48. The lowest BCUT2D eigenvalue weighted by Gasteiger charge is -2.39. The molecular weight excluding hydrogens is 532 g/mol. The second-order valence-electron chi connectivity index (χ2n) is 11.3. The van der Waals surface area contributed by atoms with Gasteiger partial charge in [0, 0.05) is 12.8 Å². The third kappa shape index (κ3) is 17.4. The van der Waals surface area contributed by atoms with Crippen LogP contribution in [0.5, 0.6) is 0 Å². The van der Waals surface area contributed by atoms with Crippen molar-refractivity contribution < 1.29 is 49.0 Å². The van der Waals surface area contributed by atoms with Crippen LogP contribution in [0.2, 0.25) is 0 Å². The Morgan fingerprint density at radius 1 is 0.659 bits per heavy atom. The van der Waals surface area contributed by atoms with Gasteiger partial charge in [0.05, 0.1) is 13.2 Å². The first-order chi connectivity index (χ1) is 19.8. The molecule has 1 aliphatic rings. The molecule has 6 atom stereocenters. The van der Waals surface area contributed by atoms with Gasteiger partial charge >= 0.3 is 11.9 Å². The standard InChI is InChI=1S/C31H58O10/c1-3-5-7-9-11-12-13-14-16-18-20-27(34)40-24(22-38-26(33)19-17-15-10-8-6-4-2)23-39-31-30(37)29(36)28(35)25(21-32)41-31/h24-25,28-32,35-37H,3-23H2,1-2H3/t24-,25-,28+,29+,30-,31-/m1/s1. The molecule has 1 fully saturated rings. The van der Waals surface area contributed by atoms with Crippen LogP contribution in [0.4, 0.5) is 0 Å². The molecule has 0 radical (unpaired) electrons. The van der Waals surface area contributed by atoms with Crippen LogP contribution in [0.1, 0.15) is 129 Å². The van der Waals surface area contributed by atoms with Gasteiger partial charge in [-0.15, -0.1) is 0 Å². The van der Waals surface area contributed by atoms with E-state index in [1.807, 2.05) is 0 Å². The van der Waals surface area contributed by atoms with E-state index in [2.05, 4.69) is 13.8 Å². The number of aliphatic hydroxyl groups excluding tert-OH is 4. The summed E-state index contributed by atoms with van der Waals surface area (Å²) in [5, 5.41) is 39.6. The SMILES string of the molecule is CCCCCCCCCCCCC(=O)O[C@H](COC(=O)CCCCCCCC)CO[C@@H]1O[C@H](CO)[C@H](O)[C@H](O)[C@H]1O. The molecule has 1 heterocycles. The van der Waals surface area contributed by atoms with Gasteiger partial charge in [-0.1, -0.05) is 104 Å². The summed E-state index contributed by atoms with van der Waals surface area (Å²) >= 11 is 0. The van der Waals surface area contributed by atoms with Crippen molar-refractivity contribution >= 4 is 11.9 Å². The van der Waals surface area contributed by atoms with E-state index in [0.717, 1.165) is 51.4 Å². The summed E-state index contributed by atoms with van der Waals surface area (Å²) in [6.07, 6.45) is 10.1. The fourth-order valence-corrected chi connectivity index (χ4v) is 4.83. The first-order valence-electron chi connectivity index (χ1n) is 16.1. The Kier molecular flexibility index (Phi) is 22.2. The molecule has 41 heavy (non-hydrogen) atoms. The van der Waals surface area contributed by atoms with Crippen molar-refractivity contribution in [3.8, 4) is 0 Å². The summed E-state index contributed by atoms with van der Waals surface area (Å²) in [4.78, 5) is 24.8. The molecule has 1 saturated heterocycles. The van der Waals surface area contributed by atoms with E-state index < -0.39 is 49.4 Å². The molecule has 0 aromatic carbocycles. The molecule has 10 heteroatoms. The van der Waals surface area contributed by atoms with E-state index in [-0.39, 0.29) is 32.0 Å². The van der Waals surface area contributed by atoms with Gasteiger partial charge < -0.3 is 39.4 Å². The third-order valence-corrected chi connectivity index (χ3v) is 7.49. The Labute approximate surface area is 247 Å². The second kappa shape index (κ2) is 24.2. The highest BCUT2D eigenvalue weighted by atomic mass is 16.7. The van der Waals surface area contributed by atoms with Crippen LogP contribution >= 0.6 is 0 Å². The van der Waals surface area contributed by atoms with Gasteiger partial charge in [-0.05, 0) is 12.8 Å². The highest BCUT2D eigenvalue weighted by Gasteiger charge is 2.44. The third-order valence-electron chi connectivity index (χ3n) is 7.49. The summed E-state index contributed by atoms with van der Waals surface area (Å²) < 4.78 is 21.8. The molecular formula is C31H58O10. The van der Waals surface area contributed by atoms with E-state index in [9.17, 15) is 30.0 Å². The number of carbonyl (C=O) groups excluding carboxylic acids is 2. The highest BCUT2D eigenvalue weighted by Crippen LogP contribution is 2.22. The average molecular weight is 591 g/mol. The Morgan fingerprint density at radius 2 is 1.15 bits per heavy atom. The molecule has 0 unspecified atom stereocenters. The van der Waals surface area contributed by atoms with Crippen LogP contribution in [-0.2, 0) is 28.5 Å². The van der Waals surface area contributed by atoms with Crippen molar-refractivity contribution in [1.82, 2.24) is 0 Å². The maximum Gasteiger partial charge on any atom is 0.306 e. The van der Waals surface area contributed by atoms with Crippen LogP contribution < -0.4 is 0 Å². The number of carbonyl (C=O) groups is 2. The van der Waals surface area contributed by atoms with E-state index in [4.69, 9.17) is 18.9 Å². The molecule has 0 bridgehead atoms. The number of hydrogen-bond donors (Lipinski definition) is 4. The number of esters is 2. The monoisotopic (exact) mass is 590 g/mol. The quantitative estimate of drug-likeness (QED) is 0.0893. The van der Waals surface area contributed by atoms with Crippen molar-refractivity contribution in [3.05, 3.63) is 0 Å². The Morgan fingerprint density at radius 3 is 1.66 bits per heavy atom. The first-order valence-corrected chi connectivity index (χ1v) is 16.1. The number of aliphatic hydroxyl groups is 4. The summed E-state index contributed by atoms with van der Waals surface area (Å²) in [6, 6.07) is 0. The Bertz CT molecular complexity index is 659. The van der Waals surface area contributed by atoms with Gasteiger partial charge in [0.2, 0.25) is 0 Å². The minimum atomic E-state index is -1.58. The van der Waals surface area contributed by atoms with E-state index in [0.29, 0.717) is 6.42 Å². The normalized spacial score (nSPS) is 23.3. The zero-order chi connectivity index (χ0) is 30.3. The van der Waals surface area contributed by atoms with Gasteiger partial charge in [0.25, 0.3) is 0 Å². The second-order valence-corrected chi connectivity index (χ2v) is 11.3. The molecule has 0 spiro atoms. The van der Waals surface area contributed by atoms with Gasteiger partial charge in [0.1, 0.15) is 31.0 Å². The maximum absolute atomic E-state index is 12.5. The zero-order valence-corrected chi connectivity index (χ0v) is 25.6. The fourth-order valence-electron chi connectivity index (χ4n) is 4.83. The van der Waals surface area contributed by atoms with Crippen molar-refractivity contribution in [2.45, 2.75) is 166 Å². The molecule has 0 amide bonds. The van der Waals surface area contributed by atoms with Crippen molar-refractivity contribution in [2.75, 3.05) is 19.8 Å². The molecule has 4 N–H and O–H groups in total. The minimum absolute atomic E-state index is 0.212. The largest absolute Gasteiger partial charge is 0.462 e. The van der Waals surface area contributed by atoms with Crippen molar-refractivity contribution in [2.24, 2.45) is 0 Å². The summed E-state index contributed by atoms with van der Waals surface area (Å²) in [5.41, 5.74) is 0. The lowest BCUT2D eigenvalue weighted by atomic mass is 9.99. The molecule has 0 saturated carbocycles. The smallest absolute Gasteiger partial charge is 0.306 e. The predicted octanol–water partition coefficient (Wildman–Crippen LogP) is 4.32. The first kappa shape index (κ1) is 37.7. The van der Waals surface area contributed by atoms with Gasteiger partial charge in [-0.3, -0.25) is 9.59 Å². The minimum Gasteiger partial charge on any atom is -0.462 e. The van der Waals surface area contributed by atoms with E-state index in [1.165, 1.54) is 44.9 Å². The van der Waals surface area contributed by atoms with Crippen LogP contribution in [-0.4, -0.2) is 89.0 Å². The Hall–Kier alpha value is -1.30. The highest BCUT2D eigenvalue weighted by molar-refractivity contribution is 5.70. The molecule has 0 aliphatic carbocycles. The molecule has 10 nitrogen and oxygen atoms in total. The van der Waals surface area contributed by atoms with E-state index >= 15 is 0 Å². The van der Waals surface area contributed by atoms with E-state index in [1.54, 1.807) is 0 Å². The van der Waals surface area contributed by atoms with Gasteiger partial charge in [-0.2, -0.15) is 0 Å². The average Bonchev–Trinajstić information content (AvgIpc) is 2.96. The molecule has 242 valence electrons. The number of hydrogen-bond acceptors (Lipinski definition) is 10. The number of unbranched alkanes of at least 4 members (excludes halogenated alkanes) is 14. The van der Waals surface area contributed by atoms with Crippen molar-refractivity contribution in [1.29, 1.82) is 0 Å². The molecule has 1 aliphatic heterocycles. The predicted molar refractivity (Wildman–Crippen MR) is 155 cm³/mol. The molecule has 0 aromatic rings. The summed E-state index contributed by atoms with van der Waals surface area (Å²) in [6.45, 7) is 3.30. The van der Waals surface area contributed by atoms with Crippen LogP contribution in [0.3, 0.4) is 0 Å². The summed E-state index contributed by atoms with van der Waals surface area (Å²) in [5.74, 6) is -0.817. The number of rotatable bonds is 25. The van der Waals surface area contributed by atoms with Crippen LogP contribution in [0.15, 0.2) is 0 Å². The van der Waals surface area contributed by atoms with Gasteiger partial charge in [-0.25, -0.2) is 0 Å². The fraction of sp³-hybridized carbons (Fsp3) is 0.935. The van der Waals surface area contributed by atoms with Crippen molar-refractivity contribution in [3.63, 3.8) is 0 Å². The van der Waals surface area contributed by atoms with Crippen LogP contribution in [0.25, 0.3) is 0 Å². The van der Waals surface area contributed by atoms with Crippen LogP contribution in [0, 0.1) is 0 Å². The zero-order valence-electron chi connectivity index (χ0n) is 25.6. The lowest BCUT2D eigenvalue weighted by Crippen LogP contribution is -2.59.